The van der Waals surface area contributed by atoms with Crippen LogP contribution in [0.3, 0.4) is 0 Å². The number of hydrogen-bond donors (Lipinski definition) is 11. The number of nitrogens with one attached hydrogen (secondary N) is 4. The molecule has 0 saturated heterocycles. The molecule has 40 heteroatoms. The number of hydrogen-bond acceptors (Lipinski definition) is 19. The van der Waals surface area contributed by atoms with Gasteiger partial charge < -0.3 is 73.3 Å². The Labute approximate surface area is 533 Å². The number of carbonyl (C=O) groups excluding carboxylic acids is 5. The van der Waals surface area contributed by atoms with Gasteiger partial charge in [-0.1, -0.05) is 52.8 Å². The number of nitrogens with zero attached hydrogens (tertiary/aromatic N) is 4. The SMILES string of the molecule is CCCSSc1ccc(-c2ncc(C(=O)N[C@@H](CCN)C(=O)N(C)[C@@H]3C(=O)N[C@@H](C)C(=O)N[C@H](C(=O)NCC#N)Cc4ccc(OCCN)c(c4)-c4cc3ccc4OCCN)c(C)n2)cc1.O=C(O)C(F)(F)F.O=C(O)C(F)(F)F.O=C(O)C(F)(F)F.O=C(O)C(F)(F)F. The molecule has 2 heterocycles. The Morgan fingerprint density at radius 2 is 1.23 bits per heavy atom. The van der Waals surface area contributed by atoms with E-state index in [0.29, 0.717) is 45.3 Å². The highest BCUT2D eigenvalue weighted by atomic mass is 33.1. The summed E-state index contributed by atoms with van der Waals surface area (Å²) in [5.74, 6) is -12.1. The van der Waals surface area contributed by atoms with Crippen LogP contribution < -0.4 is 47.9 Å². The van der Waals surface area contributed by atoms with Crippen LogP contribution in [0.2, 0.25) is 0 Å². The van der Waals surface area contributed by atoms with Gasteiger partial charge in [-0.15, -0.1) is 0 Å². The fraction of sp³-hybridized carbons (Fsp3) is 0.407. The van der Waals surface area contributed by atoms with Crippen LogP contribution in [-0.2, 0) is 44.8 Å². The van der Waals surface area contributed by atoms with Crippen molar-refractivity contribution >= 4 is 75.0 Å². The molecule has 1 aliphatic heterocycles. The average molecular weight is 1400 g/mol. The number of likely N-dealkylation sites (N-methyl/N-ethyl adjacent to an activating group) is 1. The number of nitriles is 1. The largest absolute Gasteiger partial charge is 0.492 e. The first-order valence-corrected chi connectivity index (χ1v) is 28.8. The number of carboxylic acids is 4. The third-order valence-electron chi connectivity index (χ3n) is 11.4. The van der Waals surface area contributed by atoms with Gasteiger partial charge in [-0.3, -0.25) is 24.0 Å². The minimum absolute atomic E-state index is 0.000598. The smallest absolute Gasteiger partial charge is 0.490 e. The molecule has 1 aromatic heterocycles. The standard InChI is InChI=1S/C46H57N11O7S2.4C2HF3O2/c1-5-22-65-66-32-10-7-30(8-11-32)41-52-26-35(27(2)53-41)43(59)55-36(14-15-47)46(62)57(4)40-31-9-13-39(64-21-18-50)34(25-31)33-23-29(6-12-38(33)63-20-17-49)24-37(44(60)51-19-16-48)56-42(58)28(3)54-45(40)61;4*3-2(4,5)1(6)7/h6-13,23,25-26,28,36-37,40H,5,14-15,17-22,24,47,49-50H2,1-4H3,(H,51,60)(H,54,61)(H,55,59)(H,56,58);4*(H,6,7)/t28-,36-,37-,40-;;;;/m0..../s1. The molecular formula is C54H61F12N11O15S2. The molecule has 94 heavy (non-hydrogen) atoms. The van der Waals surface area contributed by atoms with Gasteiger partial charge in [-0.2, -0.15) is 57.9 Å². The van der Waals surface area contributed by atoms with Gasteiger partial charge >= 0.3 is 48.6 Å². The van der Waals surface area contributed by atoms with Crippen molar-refractivity contribution in [2.45, 2.75) is 93.8 Å². The van der Waals surface area contributed by atoms with E-state index in [9.17, 15) is 76.7 Å². The summed E-state index contributed by atoms with van der Waals surface area (Å²) >= 11 is 0. The molecule has 518 valence electrons. The van der Waals surface area contributed by atoms with Crippen molar-refractivity contribution in [1.29, 1.82) is 5.26 Å². The van der Waals surface area contributed by atoms with Gasteiger partial charge in [0, 0.05) is 60.1 Å². The fourth-order valence-corrected chi connectivity index (χ4v) is 9.17. The van der Waals surface area contributed by atoms with Crippen LogP contribution in [0.4, 0.5) is 52.7 Å². The molecule has 1 aliphatic rings. The van der Waals surface area contributed by atoms with Crippen molar-refractivity contribution in [1.82, 2.24) is 36.1 Å². The summed E-state index contributed by atoms with van der Waals surface area (Å²) < 4.78 is 139. The third kappa shape index (κ3) is 28.3. The summed E-state index contributed by atoms with van der Waals surface area (Å²) in [5.41, 5.74) is 20.8. The molecule has 4 bridgehead atoms. The first-order chi connectivity index (χ1) is 43.6. The zero-order chi connectivity index (χ0) is 72.1. The lowest BCUT2D eigenvalue weighted by Crippen LogP contribution is -2.56. The number of aliphatic carboxylic acids is 4. The van der Waals surface area contributed by atoms with Gasteiger partial charge in [0.05, 0.1) is 17.3 Å². The summed E-state index contributed by atoms with van der Waals surface area (Å²) in [4.78, 5) is 117. The molecule has 14 N–H and O–H groups in total. The van der Waals surface area contributed by atoms with Crippen LogP contribution in [0.1, 0.15) is 59.9 Å². The molecule has 0 fully saturated rings. The van der Waals surface area contributed by atoms with Gasteiger partial charge in [0.2, 0.25) is 23.6 Å². The number of carbonyl (C=O) groups is 9. The van der Waals surface area contributed by atoms with E-state index in [1.165, 1.54) is 25.1 Å². The van der Waals surface area contributed by atoms with Crippen LogP contribution in [-0.4, -0.2) is 184 Å². The number of rotatable bonds is 19. The second kappa shape index (κ2) is 38.7. The van der Waals surface area contributed by atoms with E-state index in [2.05, 4.69) is 38.2 Å². The molecule has 0 spiro atoms. The monoisotopic (exact) mass is 1400 g/mol. The van der Waals surface area contributed by atoms with E-state index >= 15 is 0 Å². The van der Waals surface area contributed by atoms with Crippen LogP contribution in [0.15, 0.2) is 71.8 Å². The highest BCUT2D eigenvalue weighted by Gasteiger charge is 2.41. The van der Waals surface area contributed by atoms with Crippen LogP contribution in [0.25, 0.3) is 22.5 Å². The maximum Gasteiger partial charge on any atom is 0.490 e. The van der Waals surface area contributed by atoms with Gasteiger partial charge in [-0.05, 0) is 80.8 Å². The number of nitrogens with two attached hydrogens (primary N) is 3. The van der Waals surface area contributed by atoms with Crippen LogP contribution in [0.5, 0.6) is 11.5 Å². The molecule has 4 atom stereocenters. The number of halogens is 12. The van der Waals surface area contributed by atoms with Crippen molar-refractivity contribution < 1.29 is 126 Å². The quantitative estimate of drug-likeness (QED) is 0.0245. The Bertz CT molecular complexity index is 3190. The van der Waals surface area contributed by atoms with Crippen molar-refractivity contribution in [2.24, 2.45) is 17.2 Å². The first kappa shape index (κ1) is 82.8. The summed E-state index contributed by atoms with van der Waals surface area (Å²) in [5, 5.41) is 48.4. The Balaban J connectivity index is 0.00000130. The third-order valence-corrected chi connectivity index (χ3v) is 14.0. The second-order valence-corrected chi connectivity index (χ2v) is 21.0. The Kier molecular flexibility index (Phi) is 34.1. The molecule has 0 radical (unpaired) electrons. The fourth-order valence-electron chi connectivity index (χ4n) is 7.05. The minimum Gasteiger partial charge on any atom is -0.492 e. The number of alkyl halides is 12. The molecule has 0 saturated carbocycles. The molecule has 26 nitrogen and oxygen atoms in total. The van der Waals surface area contributed by atoms with Crippen molar-refractivity contribution in [3.63, 3.8) is 0 Å². The maximum atomic E-state index is 14.6. The minimum atomic E-state index is -5.08. The maximum absolute atomic E-state index is 14.6. The number of aromatic nitrogens is 2. The van der Waals surface area contributed by atoms with E-state index in [1.807, 2.05) is 30.3 Å². The summed E-state index contributed by atoms with van der Waals surface area (Å²) in [6.07, 6.45) is -17.8. The van der Waals surface area contributed by atoms with Gasteiger partial charge in [0.15, 0.2) is 5.82 Å². The van der Waals surface area contributed by atoms with E-state index in [4.69, 9.17) is 71.5 Å². The molecule has 0 unspecified atom stereocenters. The predicted octanol–water partition coefficient (Wildman–Crippen LogP) is 5.31. The van der Waals surface area contributed by atoms with Gasteiger partial charge in [0.25, 0.3) is 5.91 Å². The van der Waals surface area contributed by atoms with Crippen LogP contribution >= 0.6 is 21.6 Å². The number of aryl methyl sites for hydroxylation is 1. The number of amides is 5. The van der Waals surface area contributed by atoms with E-state index in [-0.39, 0.29) is 57.8 Å². The van der Waals surface area contributed by atoms with Crippen molar-refractivity contribution in [2.75, 3.05) is 52.2 Å². The Hall–Kier alpha value is -9.20. The normalized spacial score (nSPS) is 14.9. The Morgan fingerprint density at radius 3 is 1.68 bits per heavy atom. The van der Waals surface area contributed by atoms with E-state index < -0.39 is 102 Å². The van der Waals surface area contributed by atoms with Gasteiger partial charge in [0.1, 0.15) is 55.4 Å². The molecular weight excluding hydrogens is 1330 g/mol. The number of ether oxygens (including phenoxy) is 2. The van der Waals surface area contributed by atoms with Gasteiger partial charge in [-0.25, -0.2) is 29.1 Å². The highest BCUT2D eigenvalue weighted by Crippen LogP contribution is 2.40. The Morgan fingerprint density at radius 1 is 0.745 bits per heavy atom. The zero-order valence-corrected chi connectivity index (χ0v) is 51.0. The lowest BCUT2D eigenvalue weighted by molar-refractivity contribution is -0.193. The molecule has 3 aromatic carbocycles. The predicted molar refractivity (Wildman–Crippen MR) is 309 cm³/mol. The lowest BCUT2D eigenvalue weighted by atomic mass is 9.93. The topological polar surface area (TPSA) is 432 Å². The number of carboxylic acid groups (broad SMARTS) is 4. The molecule has 0 aliphatic carbocycles. The molecule has 5 rings (SSSR count). The van der Waals surface area contributed by atoms with Crippen LogP contribution in [0, 0.1) is 18.3 Å². The summed E-state index contributed by atoms with van der Waals surface area (Å²) in [6, 6.07) is 14.9. The van der Waals surface area contributed by atoms with E-state index in [1.54, 1.807) is 64.9 Å². The first-order valence-electron chi connectivity index (χ1n) is 26.5. The highest BCUT2D eigenvalue weighted by molar-refractivity contribution is 8.76. The van der Waals surface area contributed by atoms with E-state index in [0.717, 1.165) is 22.6 Å². The van der Waals surface area contributed by atoms with Crippen molar-refractivity contribution in [3.05, 3.63) is 89.2 Å². The lowest BCUT2D eigenvalue weighted by Gasteiger charge is -2.32. The zero-order valence-electron chi connectivity index (χ0n) is 49.4. The number of benzene rings is 3. The second-order valence-electron chi connectivity index (χ2n) is 18.5. The van der Waals surface area contributed by atoms with Crippen molar-refractivity contribution in [3.8, 4) is 40.1 Å². The molecule has 4 aromatic rings. The summed E-state index contributed by atoms with van der Waals surface area (Å²) in [7, 11) is 4.89. The average Bonchev–Trinajstić information content (AvgIpc) is 0.784. The number of fused-ring (bicyclic) bond motifs is 5. The molecule has 5 amide bonds. The summed E-state index contributed by atoms with van der Waals surface area (Å²) in [6.45, 7) is 5.62.